The molecule has 1 fully saturated rings. The Labute approximate surface area is 174 Å². The summed E-state index contributed by atoms with van der Waals surface area (Å²) < 4.78 is 19.8. The van der Waals surface area contributed by atoms with E-state index in [1.165, 1.54) is 13.0 Å². The summed E-state index contributed by atoms with van der Waals surface area (Å²) in [5.41, 5.74) is -0.205. The van der Waals surface area contributed by atoms with Gasteiger partial charge in [0, 0.05) is 45.6 Å². The van der Waals surface area contributed by atoms with Gasteiger partial charge in [-0.2, -0.15) is 11.8 Å². The molecule has 0 saturated carbocycles. The van der Waals surface area contributed by atoms with Gasteiger partial charge in [-0.25, -0.2) is 4.39 Å². The third-order valence-corrected chi connectivity index (χ3v) is 6.46. The first-order valence-corrected chi connectivity index (χ1v) is 10.5. The predicted molar refractivity (Wildman–Crippen MR) is 106 cm³/mol. The molecule has 1 aromatic heterocycles. The van der Waals surface area contributed by atoms with Crippen molar-refractivity contribution >= 4 is 46.6 Å². The first kappa shape index (κ1) is 19.5. The zero-order valence-electron chi connectivity index (χ0n) is 14.7. The van der Waals surface area contributed by atoms with Crippen LogP contribution in [0, 0.1) is 0 Å². The summed E-state index contributed by atoms with van der Waals surface area (Å²) >= 11 is 13.9. The Morgan fingerprint density at radius 1 is 1.32 bits per heavy atom. The van der Waals surface area contributed by atoms with Crippen LogP contribution in [-0.4, -0.2) is 40.5 Å². The van der Waals surface area contributed by atoms with Crippen molar-refractivity contribution in [1.82, 2.24) is 10.5 Å². The number of halogens is 3. The first-order valence-electron chi connectivity index (χ1n) is 8.59. The van der Waals surface area contributed by atoms with E-state index in [0.29, 0.717) is 27.0 Å². The van der Waals surface area contributed by atoms with Gasteiger partial charge in [0.05, 0.1) is 0 Å². The molecule has 0 aliphatic carbocycles. The Kier molecular flexibility index (Phi) is 5.28. The van der Waals surface area contributed by atoms with Gasteiger partial charge in [0.25, 0.3) is 5.91 Å². The van der Waals surface area contributed by atoms with Crippen LogP contribution < -0.4 is 5.32 Å². The highest BCUT2D eigenvalue weighted by Crippen LogP contribution is 2.42. The molecule has 1 amide bonds. The second-order valence-corrected chi connectivity index (χ2v) is 8.70. The Morgan fingerprint density at radius 2 is 2.04 bits per heavy atom. The lowest BCUT2D eigenvalue weighted by atomic mass is 9.84. The van der Waals surface area contributed by atoms with Gasteiger partial charge < -0.3 is 14.7 Å². The maximum Gasteiger partial charge on any atom is 0.290 e. The third-order valence-electron chi connectivity index (χ3n) is 4.75. The van der Waals surface area contributed by atoms with Crippen molar-refractivity contribution in [2.45, 2.75) is 31.2 Å². The number of benzene rings is 1. The second-order valence-electron chi connectivity index (χ2n) is 6.75. The zero-order valence-corrected chi connectivity index (χ0v) is 17.1. The van der Waals surface area contributed by atoms with Crippen molar-refractivity contribution in [1.29, 1.82) is 0 Å². The van der Waals surface area contributed by atoms with Crippen LogP contribution in [-0.2, 0) is 10.4 Å². The molecule has 2 unspecified atom stereocenters. The predicted octanol–water partition coefficient (Wildman–Crippen LogP) is 4.20. The summed E-state index contributed by atoms with van der Waals surface area (Å²) in [6, 6.07) is 6.38. The van der Waals surface area contributed by atoms with Crippen LogP contribution in [0.1, 0.15) is 35.2 Å². The van der Waals surface area contributed by atoms with Gasteiger partial charge >= 0.3 is 0 Å². The van der Waals surface area contributed by atoms with Gasteiger partial charge in [-0.3, -0.25) is 4.79 Å². The molecule has 6 nitrogen and oxygen atoms in total. The van der Waals surface area contributed by atoms with E-state index in [-0.39, 0.29) is 24.1 Å². The van der Waals surface area contributed by atoms with Crippen molar-refractivity contribution in [2.24, 2.45) is 5.16 Å². The van der Waals surface area contributed by atoms with Crippen LogP contribution in [0.2, 0.25) is 10.0 Å². The number of carbonyl (C=O) groups is 1. The smallest absolute Gasteiger partial charge is 0.290 e. The molecule has 148 valence electrons. The van der Waals surface area contributed by atoms with Crippen LogP contribution in [0.15, 0.2) is 33.9 Å². The Balaban J connectivity index is 1.55. The highest BCUT2D eigenvalue weighted by Gasteiger charge is 2.48. The molecular formula is C18H16Cl2FN3O3S. The maximum atomic E-state index is 14.6. The summed E-state index contributed by atoms with van der Waals surface area (Å²) in [6.07, 6.45) is -1.32. The first-order chi connectivity index (χ1) is 13.4. The molecular weight excluding hydrogens is 428 g/mol. The maximum absolute atomic E-state index is 14.6. The molecule has 10 heteroatoms. The monoisotopic (exact) mass is 443 g/mol. The fourth-order valence-electron chi connectivity index (χ4n) is 3.08. The number of amides is 1. The fourth-order valence-corrected chi connectivity index (χ4v) is 4.24. The summed E-state index contributed by atoms with van der Waals surface area (Å²) in [5.74, 6) is 1.50. The number of aromatic nitrogens is 1. The van der Waals surface area contributed by atoms with Gasteiger partial charge in [0.2, 0.25) is 5.76 Å². The number of hydrogen-bond acceptors (Lipinski definition) is 6. The van der Waals surface area contributed by atoms with Crippen LogP contribution in [0.3, 0.4) is 0 Å². The van der Waals surface area contributed by atoms with E-state index in [0.717, 1.165) is 11.5 Å². The van der Waals surface area contributed by atoms with Gasteiger partial charge in [0.1, 0.15) is 17.6 Å². The van der Waals surface area contributed by atoms with Crippen molar-refractivity contribution in [3.05, 3.63) is 51.3 Å². The lowest BCUT2D eigenvalue weighted by Crippen LogP contribution is -2.43. The molecule has 2 aromatic rings. The van der Waals surface area contributed by atoms with Crippen molar-refractivity contribution in [3.8, 4) is 0 Å². The average molecular weight is 444 g/mol. The third kappa shape index (κ3) is 3.60. The largest absolute Gasteiger partial charge is 0.380 e. The second kappa shape index (κ2) is 7.57. The fraction of sp³-hybridized carbons (Fsp3) is 0.389. The standard InChI is InChI=1S/C18H16Cl2FN3O3S/c1-9(21)18(10-2-11(19)4-12(20)3-10)6-15(24-27-18)14-5-16(26-23-14)17(25)22-13-7-28-8-13/h2-5,9,13H,6-8H2,1H3,(H,22,25). The quantitative estimate of drug-likeness (QED) is 0.748. The summed E-state index contributed by atoms with van der Waals surface area (Å²) in [6.45, 7) is 1.38. The SMILES string of the molecule is CC(F)C1(c2cc(Cl)cc(Cl)c2)CC(c2cc(C(=O)NC3CSC3)on2)=NO1. The molecule has 2 aliphatic heterocycles. The van der Waals surface area contributed by atoms with E-state index >= 15 is 0 Å². The van der Waals surface area contributed by atoms with Crippen molar-refractivity contribution < 1.29 is 18.5 Å². The minimum absolute atomic E-state index is 0.0752. The van der Waals surface area contributed by atoms with E-state index in [4.69, 9.17) is 32.6 Å². The minimum Gasteiger partial charge on any atom is -0.380 e. The van der Waals surface area contributed by atoms with E-state index < -0.39 is 11.8 Å². The van der Waals surface area contributed by atoms with E-state index in [2.05, 4.69) is 15.6 Å². The number of oxime groups is 1. The van der Waals surface area contributed by atoms with Crippen molar-refractivity contribution in [2.75, 3.05) is 11.5 Å². The molecule has 28 heavy (non-hydrogen) atoms. The van der Waals surface area contributed by atoms with Gasteiger partial charge in [-0.15, -0.1) is 0 Å². The molecule has 1 aromatic carbocycles. The lowest BCUT2D eigenvalue weighted by Gasteiger charge is -2.28. The Bertz CT molecular complexity index is 928. The topological polar surface area (TPSA) is 76.7 Å². The van der Waals surface area contributed by atoms with E-state index in [1.54, 1.807) is 30.0 Å². The normalized spacial score (nSPS) is 22.9. The lowest BCUT2D eigenvalue weighted by molar-refractivity contribution is -0.0749. The van der Waals surface area contributed by atoms with Crippen LogP contribution in [0.4, 0.5) is 4.39 Å². The average Bonchev–Trinajstić information content (AvgIpc) is 3.24. The van der Waals surface area contributed by atoms with E-state index in [9.17, 15) is 9.18 Å². The van der Waals surface area contributed by atoms with Crippen LogP contribution in [0.5, 0.6) is 0 Å². The number of carbonyl (C=O) groups excluding carboxylic acids is 1. The highest BCUT2D eigenvalue weighted by molar-refractivity contribution is 8.00. The number of hydrogen-bond donors (Lipinski definition) is 1. The number of thioether (sulfide) groups is 1. The number of alkyl halides is 1. The molecule has 2 atom stereocenters. The number of nitrogens with zero attached hydrogens (tertiary/aromatic N) is 2. The van der Waals surface area contributed by atoms with Gasteiger partial charge in [-0.05, 0) is 25.1 Å². The van der Waals surface area contributed by atoms with Crippen LogP contribution in [0.25, 0.3) is 0 Å². The van der Waals surface area contributed by atoms with E-state index in [1.807, 2.05) is 0 Å². The number of nitrogens with one attached hydrogen (secondary N) is 1. The summed E-state index contributed by atoms with van der Waals surface area (Å²) in [5, 5.41) is 11.5. The van der Waals surface area contributed by atoms with Gasteiger partial charge in [-0.1, -0.05) is 33.5 Å². The molecule has 1 saturated heterocycles. The minimum atomic E-state index is -1.41. The molecule has 0 bridgehead atoms. The molecule has 0 radical (unpaired) electrons. The molecule has 0 spiro atoms. The zero-order chi connectivity index (χ0) is 19.9. The Morgan fingerprint density at radius 3 is 2.64 bits per heavy atom. The van der Waals surface area contributed by atoms with Crippen molar-refractivity contribution in [3.63, 3.8) is 0 Å². The highest BCUT2D eigenvalue weighted by atomic mass is 35.5. The molecule has 4 rings (SSSR count). The molecule has 2 aliphatic rings. The molecule has 3 heterocycles. The summed E-state index contributed by atoms with van der Waals surface area (Å²) in [4.78, 5) is 17.7. The number of rotatable bonds is 5. The Hall–Kier alpha value is -1.77. The van der Waals surface area contributed by atoms with Gasteiger partial charge in [0.15, 0.2) is 5.60 Å². The van der Waals surface area contributed by atoms with Crippen LogP contribution >= 0.6 is 35.0 Å². The summed E-state index contributed by atoms with van der Waals surface area (Å²) in [7, 11) is 0. The molecule has 1 N–H and O–H groups in total.